The molecule has 3 rings (SSSR count). The predicted molar refractivity (Wildman–Crippen MR) is 40.5 cm³/mol. The van der Waals surface area contributed by atoms with E-state index in [4.69, 9.17) is 4.74 Å². The number of nitrogens with zero attached hydrogens (tertiary/aromatic N) is 1. The van der Waals surface area contributed by atoms with Crippen molar-refractivity contribution < 1.29 is 44.2 Å². The number of hydrogen-bond acceptors (Lipinski definition) is 5. The first-order valence-electron chi connectivity index (χ1n) is 4.57. The second-order valence-electron chi connectivity index (χ2n) is 3.94. The fourth-order valence-electron chi connectivity index (χ4n) is 2.83. The van der Waals surface area contributed by atoms with Crippen molar-refractivity contribution in [3.8, 4) is 0 Å². The van der Waals surface area contributed by atoms with E-state index < -0.39 is 12.0 Å². The summed E-state index contributed by atoms with van der Waals surface area (Å²) in [6.45, 7) is 1.93. The number of nitrogens with one attached hydrogen (secondary N) is 1. The van der Waals surface area contributed by atoms with E-state index in [9.17, 15) is 9.90 Å². The molecular formula is C8H11N2NaO3. The SMILES string of the molecule is O=C([O-])C1C2COCC3NCN1C32.[Na+]. The summed E-state index contributed by atoms with van der Waals surface area (Å²) in [5.74, 6) is -0.826. The molecule has 14 heavy (non-hydrogen) atoms. The van der Waals surface area contributed by atoms with E-state index in [1.165, 1.54) is 0 Å². The van der Waals surface area contributed by atoms with Gasteiger partial charge in [0.1, 0.15) is 0 Å². The topological polar surface area (TPSA) is 64.6 Å². The van der Waals surface area contributed by atoms with Crippen molar-refractivity contribution in [1.82, 2.24) is 10.2 Å². The van der Waals surface area contributed by atoms with Crippen LogP contribution >= 0.6 is 0 Å². The van der Waals surface area contributed by atoms with Gasteiger partial charge in [0, 0.05) is 24.7 Å². The number of carboxylic acid groups (broad SMARTS) is 1. The van der Waals surface area contributed by atoms with Gasteiger partial charge in [-0.2, -0.15) is 0 Å². The van der Waals surface area contributed by atoms with Crippen LogP contribution in [-0.2, 0) is 9.53 Å². The zero-order valence-electron chi connectivity index (χ0n) is 8.10. The molecule has 0 saturated carbocycles. The molecule has 3 heterocycles. The van der Waals surface area contributed by atoms with Gasteiger partial charge in [0.25, 0.3) is 0 Å². The second-order valence-corrected chi connectivity index (χ2v) is 3.94. The van der Waals surface area contributed by atoms with E-state index in [-0.39, 0.29) is 35.5 Å². The number of aliphatic carboxylic acids is 1. The van der Waals surface area contributed by atoms with Crippen LogP contribution < -0.4 is 40.0 Å². The third kappa shape index (κ3) is 1.27. The molecule has 3 aliphatic heterocycles. The minimum atomic E-state index is -0.964. The monoisotopic (exact) mass is 206 g/mol. The number of carboxylic acids is 1. The number of rotatable bonds is 1. The Labute approximate surface area is 104 Å². The number of ether oxygens (including phenoxy) is 1. The van der Waals surface area contributed by atoms with Crippen molar-refractivity contribution in [3.05, 3.63) is 0 Å². The zero-order valence-corrected chi connectivity index (χ0v) is 10.1. The first-order valence-corrected chi connectivity index (χ1v) is 4.57. The molecule has 1 N–H and O–H groups in total. The van der Waals surface area contributed by atoms with Gasteiger partial charge in [0.2, 0.25) is 0 Å². The van der Waals surface area contributed by atoms with Gasteiger partial charge in [0.15, 0.2) is 0 Å². The van der Waals surface area contributed by atoms with Crippen LogP contribution in [0.25, 0.3) is 0 Å². The quantitative estimate of drug-likeness (QED) is 0.433. The van der Waals surface area contributed by atoms with E-state index in [0.717, 1.165) is 0 Å². The van der Waals surface area contributed by atoms with Crippen LogP contribution in [-0.4, -0.2) is 48.9 Å². The summed E-state index contributed by atoms with van der Waals surface area (Å²) in [6.07, 6.45) is 0. The van der Waals surface area contributed by atoms with Crippen LogP contribution in [0.2, 0.25) is 0 Å². The van der Waals surface area contributed by atoms with E-state index in [0.29, 0.717) is 32.0 Å². The Kier molecular flexibility index (Phi) is 2.90. The van der Waals surface area contributed by atoms with Gasteiger partial charge in [-0.25, -0.2) is 0 Å². The molecule has 72 valence electrons. The van der Waals surface area contributed by atoms with Gasteiger partial charge in [-0.05, 0) is 0 Å². The average Bonchev–Trinajstić information content (AvgIpc) is 2.43. The Morgan fingerprint density at radius 3 is 3.00 bits per heavy atom. The summed E-state index contributed by atoms with van der Waals surface area (Å²) in [7, 11) is 0. The van der Waals surface area contributed by atoms with E-state index in [1.54, 1.807) is 0 Å². The molecule has 0 spiro atoms. The maximum absolute atomic E-state index is 10.8. The van der Waals surface area contributed by atoms with Crippen molar-refractivity contribution in [2.45, 2.75) is 18.1 Å². The normalized spacial score (nSPS) is 44.9. The van der Waals surface area contributed by atoms with Gasteiger partial charge >= 0.3 is 29.6 Å². The van der Waals surface area contributed by atoms with Crippen LogP contribution in [0.3, 0.4) is 0 Å². The summed E-state index contributed by atoms with van der Waals surface area (Å²) in [5, 5.41) is 14.0. The molecule has 0 amide bonds. The Morgan fingerprint density at radius 2 is 2.29 bits per heavy atom. The van der Waals surface area contributed by atoms with E-state index in [2.05, 4.69) is 5.32 Å². The average molecular weight is 206 g/mol. The van der Waals surface area contributed by atoms with Gasteiger partial charge in [-0.15, -0.1) is 0 Å². The van der Waals surface area contributed by atoms with Gasteiger partial charge < -0.3 is 14.6 Å². The van der Waals surface area contributed by atoms with Gasteiger partial charge in [-0.3, -0.25) is 10.2 Å². The summed E-state index contributed by atoms with van der Waals surface area (Å²) in [6, 6.07) is 0.272. The summed E-state index contributed by atoms with van der Waals surface area (Å²) < 4.78 is 5.33. The molecule has 3 aliphatic rings. The van der Waals surface area contributed by atoms with E-state index >= 15 is 0 Å². The first-order chi connectivity index (χ1) is 6.29. The molecule has 0 aromatic heterocycles. The third-order valence-electron chi connectivity index (χ3n) is 3.38. The summed E-state index contributed by atoms with van der Waals surface area (Å²) >= 11 is 0. The summed E-state index contributed by atoms with van der Waals surface area (Å²) in [5.41, 5.74) is 0. The molecule has 3 fully saturated rings. The standard InChI is InChI=1S/C8H12N2O3.Na/c11-8(12)7-4-1-13-2-5-6(4)10(7)3-9-5;/h4-7,9H,1-3H2,(H,11,12);/q;+1/p-1. The maximum Gasteiger partial charge on any atom is 1.00 e. The molecule has 5 nitrogen and oxygen atoms in total. The van der Waals surface area contributed by atoms with Crippen LogP contribution in [0.1, 0.15) is 0 Å². The molecular weight excluding hydrogens is 195 g/mol. The number of carbonyl (C=O) groups is 1. The predicted octanol–water partition coefficient (Wildman–Crippen LogP) is -5.63. The van der Waals surface area contributed by atoms with Crippen molar-refractivity contribution >= 4 is 5.97 Å². The molecule has 6 heteroatoms. The maximum atomic E-state index is 10.8. The molecule has 0 aliphatic carbocycles. The van der Waals surface area contributed by atoms with E-state index in [1.807, 2.05) is 4.90 Å². The van der Waals surface area contributed by atoms with Crippen LogP contribution in [0.15, 0.2) is 0 Å². The minimum absolute atomic E-state index is 0. The minimum Gasteiger partial charge on any atom is -0.548 e. The van der Waals surface area contributed by atoms with Crippen molar-refractivity contribution in [3.63, 3.8) is 0 Å². The molecule has 0 radical (unpaired) electrons. The number of carbonyl (C=O) groups excluding carboxylic acids is 1. The van der Waals surface area contributed by atoms with Gasteiger partial charge in [0.05, 0.1) is 25.2 Å². The summed E-state index contributed by atoms with van der Waals surface area (Å²) in [4.78, 5) is 12.8. The van der Waals surface area contributed by atoms with Crippen LogP contribution in [0, 0.1) is 5.92 Å². The molecule has 0 aromatic carbocycles. The Hall–Kier alpha value is 0.350. The Morgan fingerprint density at radius 1 is 1.50 bits per heavy atom. The third-order valence-corrected chi connectivity index (χ3v) is 3.38. The first kappa shape index (κ1) is 10.9. The van der Waals surface area contributed by atoms with Gasteiger partial charge in [-0.1, -0.05) is 0 Å². The largest absolute Gasteiger partial charge is 1.00 e. The van der Waals surface area contributed by atoms with Crippen molar-refractivity contribution in [1.29, 1.82) is 0 Å². The molecule has 4 unspecified atom stereocenters. The molecule has 3 saturated heterocycles. The second kappa shape index (κ2) is 3.73. The smallest absolute Gasteiger partial charge is 0.548 e. The van der Waals surface area contributed by atoms with Crippen molar-refractivity contribution in [2.75, 3.05) is 19.9 Å². The number of hydrogen-bond donors (Lipinski definition) is 1. The Balaban J connectivity index is 0.000000750. The molecule has 0 aromatic rings. The van der Waals surface area contributed by atoms with Crippen LogP contribution in [0.4, 0.5) is 0 Å². The molecule has 0 bridgehead atoms. The molecule has 4 atom stereocenters. The fourth-order valence-corrected chi connectivity index (χ4v) is 2.83. The zero-order chi connectivity index (χ0) is 9.00. The Bertz CT molecular complexity index is 263. The fraction of sp³-hybridized carbons (Fsp3) is 0.875. The van der Waals surface area contributed by atoms with Crippen molar-refractivity contribution in [2.24, 2.45) is 5.92 Å². The van der Waals surface area contributed by atoms with Crippen LogP contribution in [0.5, 0.6) is 0 Å².